The highest BCUT2D eigenvalue weighted by Crippen LogP contribution is 2.25. The molecule has 0 radical (unpaired) electrons. The molecule has 0 atom stereocenters. The number of aliphatic imine (C=N–C) groups is 1. The van der Waals surface area contributed by atoms with Crippen molar-refractivity contribution in [2.24, 2.45) is 16.6 Å². The van der Waals surface area contributed by atoms with Crippen molar-refractivity contribution < 1.29 is 4.79 Å². The fraction of sp³-hybridized carbons (Fsp3) is 0.579. The molecule has 2 rings (SSSR count). The number of nitrogens with zero attached hydrogens (tertiary/aromatic N) is 1. The zero-order chi connectivity index (χ0) is 17.2. The number of amides is 1. The Hall–Kier alpha value is -2.04. The summed E-state index contributed by atoms with van der Waals surface area (Å²) in [5.74, 6) is 0.787. The fourth-order valence-electron chi connectivity index (χ4n) is 2.98. The van der Waals surface area contributed by atoms with Crippen LogP contribution in [0.25, 0.3) is 0 Å². The van der Waals surface area contributed by atoms with Gasteiger partial charge in [-0.1, -0.05) is 44.7 Å². The van der Waals surface area contributed by atoms with Crippen LogP contribution in [-0.2, 0) is 11.3 Å². The number of carbonyl (C=O) groups excluding carboxylic acids is 1. The number of guanidine groups is 1. The Balaban J connectivity index is 1.86. The highest BCUT2D eigenvalue weighted by molar-refractivity contribution is 5.92. The zero-order valence-corrected chi connectivity index (χ0v) is 14.7. The largest absolute Gasteiger partial charge is 0.370 e. The van der Waals surface area contributed by atoms with Crippen LogP contribution in [0.3, 0.4) is 0 Å². The van der Waals surface area contributed by atoms with Crippen molar-refractivity contribution in [1.82, 2.24) is 5.32 Å². The van der Waals surface area contributed by atoms with Crippen molar-refractivity contribution >= 4 is 17.6 Å². The molecular weight excluding hydrogens is 300 g/mol. The average Bonchev–Trinajstić information content (AvgIpc) is 2.61. The first-order chi connectivity index (χ1) is 11.7. The minimum Gasteiger partial charge on any atom is -0.370 e. The van der Waals surface area contributed by atoms with Gasteiger partial charge in [-0.05, 0) is 37.0 Å². The highest BCUT2D eigenvalue weighted by atomic mass is 16.1. The van der Waals surface area contributed by atoms with Gasteiger partial charge in [0.05, 0.1) is 6.54 Å². The summed E-state index contributed by atoms with van der Waals surface area (Å²) >= 11 is 0. The minimum atomic E-state index is 0.149. The van der Waals surface area contributed by atoms with Crippen molar-refractivity contribution in [3.8, 4) is 0 Å². The molecular formula is C19H30N4O. The summed E-state index contributed by atoms with van der Waals surface area (Å²) in [4.78, 5) is 16.7. The molecule has 4 N–H and O–H groups in total. The Morgan fingerprint density at radius 1 is 1.29 bits per heavy atom. The van der Waals surface area contributed by atoms with E-state index < -0.39 is 0 Å². The lowest BCUT2D eigenvalue weighted by Crippen LogP contribution is -2.32. The van der Waals surface area contributed by atoms with E-state index in [4.69, 9.17) is 5.73 Å². The van der Waals surface area contributed by atoms with Crippen molar-refractivity contribution in [2.75, 3.05) is 11.9 Å². The molecule has 0 unspecified atom stereocenters. The van der Waals surface area contributed by atoms with Crippen molar-refractivity contribution in [1.29, 1.82) is 0 Å². The molecule has 0 bridgehead atoms. The highest BCUT2D eigenvalue weighted by Gasteiger charge is 2.20. The lowest BCUT2D eigenvalue weighted by Gasteiger charge is -2.20. The summed E-state index contributed by atoms with van der Waals surface area (Å²) in [6.45, 7) is 3.50. The van der Waals surface area contributed by atoms with Crippen LogP contribution in [0.1, 0.15) is 57.4 Å². The lowest BCUT2D eigenvalue weighted by atomic mass is 9.88. The number of hydrogen-bond acceptors (Lipinski definition) is 2. The quantitative estimate of drug-likeness (QED) is 0.407. The third kappa shape index (κ3) is 6.22. The Kier molecular flexibility index (Phi) is 7.59. The minimum absolute atomic E-state index is 0.149. The van der Waals surface area contributed by atoms with Crippen LogP contribution in [-0.4, -0.2) is 18.4 Å². The molecule has 24 heavy (non-hydrogen) atoms. The van der Waals surface area contributed by atoms with Gasteiger partial charge in [0.25, 0.3) is 0 Å². The maximum atomic E-state index is 12.3. The number of rotatable bonds is 7. The average molecular weight is 330 g/mol. The molecule has 1 aliphatic rings. The molecule has 1 saturated carbocycles. The molecule has 0 aromatic heterocycles. The maximum Gasteiger partial charge on any atom is 0.227 e. The third-order valence-electron chi connectivity index (χ3n) is 4.44. The first-order valence-electron chi connectivity index (χ1n) is 9.12. The van der Waals surface area contributed by atoms with Crippen LogP contribution < -0.4 is 16.4 Å². The van der Waals surface area contributed by atoms with E-state index in [1.165, 1.54) is 6.42 Å². The predicted molar refractivity (Wildman–Crippen MR) is 99.9 cm³/mol. The molecule has 1 aromatic carbocycles. The van der Waals surface area contributed by atoms with Gasteiger partial charge in [-0.25, -0.2) is 4.99 Å². The van der Waals surface area contributed by atoms with Crippen LogP contribution in [0.2, 0.25) is 0 Å². The Morgan fingerprint density at radius 3 is 2.83 bits per heavy atom. The van der Waals surface area contributed by atoms with Crippen molar-refractivity contribution in [3.63, 3.8) is 0 Å². The van der Waals surface area contributed by atoms with Gasteiger partial charge in [0.15, 0.2) is 5.96 Å². The Bertz CT molecular complexity index is 550. The van der Waals surface area contributed by atoms with E-state index in [0.717, 1.165) is 56.3 Å². The van der Waals surface area contributed by atoms with Crippen LogP contribution in [0.5, 0.6) is 0 Å². The molecule has 132 valence electrons. The summed E-state index contributed by atoms with van der Waals surface area (Å²) in [6, 6.07) is 7.85. The zero-order valence-electron chi connectivity index (χ0n) is 14.7. The van der Waals surface area contributed by atoms with Gasteiger partial charge >= 0.3 is 0 Å². The molecule has 0 heterocycles. The van der Waals surface area contributed by atoms with Crippen LogP contribution >= 0.6 is 0 Å². The second-order valence-electron chi connectivity index (χ2n) is 6.51. The van der Waals surface area contributed by atoms with Gasteiger partial charge in [-0.2, -0.15) is 0 Å². The van der Waals surface area contributed by atoms with E-state index >= 15 is 0 Å². The SMILES string of the molecule is CCCCNC(N)=NCc1cccc(NC(=O)C2CCCCC2)c1. The second kappa shape index (κ2) is 9.96. The maximum absolute atomic E-state index is 12.3. The fourth-order valence-corrected chi connectivity index (χ4v) is 2.98. The summed E-state index contributed by atoms with van der Waals surface area (Å²) in [5, 5.41) is 6.15. The molecule has 0 aliphatic heterocycles. The Morgan fingerprint density at radius 2 is 2.08 bits per heavy atom. The molecule has 1 fully saturated rings. The normalized spacial score (nSPS) is 16.0. The molecule has 1 aromatic rings. The monoisotopic (exact) mass is 330 g/mol. The molecule has 1 amide bonds. The molecule has 1 aliphatic carbocycles. The van der Waals surface area contributed by atoms with E-state index in [-0.39, 0.29) is 11.8 Å². The van der Waals surface area contributed by atoms with Gasteiger partial charge < -0.3 is 16.4 Å². The second-order valence-corrected chi connectivity index (χ2v) is 6.51. The van der Waals surface area contributed by atoms with Gasteiger partial charge in [-0.3, -0.25) is 4.79 Å². The van der Waals surface area contributed by atoms with Crippen molar-refractivity contribution in [3.05, 3.63) is 29.8 Å². The van der Waals surface area contributed by atoms with E-state index in [2.05, 4.69) is 22.5 Å². The molecule has 5 nitrogen and oxygen atoms in total. The van der Waals surface area contributed by atoms with E-state index in [1.54, 1.807) is 0 Å². The van der Waals surface area contributed by atoms with Crippen LogP contribution in [0.15, 0.2) is 29.3 Å². The number of nitrogens with one attached hydrogen (secondary N) is 2. The number of benzene rings is 1. The molecule has 0 spiro atoms. The van der Waals surface area contributed by atoms with Gasteiger partial charge in [0, 0.05) is 18.2 Å². The summed E-state index contributed by atoms with van der Waals surface area (Å²) in [5.41, 5.74) is 7.73. The van der Waals surface area contributed by atoms with Crippen molar-refractivity contribution in [2.45, 2.75) is 58.4 Å². The number of anilines is 1. The molecule has 0 saturated heterocycles. The van der Waals surface area contributed by atoms with Crippen LogP contribution in [0, 0.1) is 5.92 Å². The molecule has 5 heteroatoms. The van der Waals surface area contributed by atoms with E-state index in [1.807, 2.05) is 24.3 Å². The Labute approximate surface area is 145 Å². The summed E-state index contributed by atoms with van der Waals surface area (Å²) in [6.07, 6.45) is 7.81. The third-order valence-corrected chi connectivity index (χ3v) is 4.44. The van der Waals surface area contributed by atoms with Gasteiger partial charge in [-0.15, -0.1) is 0 Å². The topological polar surface area (TPSA) is 79.5 Å². The van der Waals surface area contributed by atoms with E-state index in [0.29, 0.717) is 12.5 Å². The first kappa shape index (κ1) is 18.3. The smallest absolute Gasteiger partial charge is 0.227 e. The summed E-state index contributed by atoms with van der Waals surface area (Å²) in [7, 11) is 0. The predicted octanol–water partition coefficient (Wildman–Crippen LogP) is 3.41. The first-order valence-corrected chi connectivity index (χ1v) is 9.12. The standard InChI is InChI=1S/C19H30N4O/c1-2-3-12-21-19(20)22-14-15-8-7-11-17(13-15)23-18(24)16-9-5-4-6-10-16/h7-8,11,13,16H,2-6,9-10,12,14H2,1H3,(H,23,24)(H3,20,21,22). The summed E-state index contributed by atoms with van der Waals surface area (Å²) < 4.78 is 0. The number of carbonyl (C=O) groups is 1. The lowest BCUT2D eigenvalue weighted by molar-refractivity contribution is -0.120. The number of nitrogens with two attached hydrogens (primary N) is 1. The van der Waals surface area contributed by atoms with Gasteiger partial charge in [0.1, 0.15) is 0 Å². The number of unbranched alkanes of at least 4 members (excludes halogenated alkanes) is 1. The van der Waals surface area contributed by atoms with Crippen LogP contribution in [0.4, 0.5) is 5.69 Å². The van der Waals surface area contributed by atoms with Gasteiger partial charge in [0.2, 0.25) is 5.91 Å². The number of hydrogen-bond donors (Lipinski definition) is 3. The van der Waals surface area contributed by atoms with E-state index in [9.17, 15) is 4.79 Å².